The first kappa shape index (κ1) is 11.8. The van der Waals surface area contributed by atoms with E-state index in [-0.39, 0.29) is 11.2 Å². The Kier molecular flexibility index (Phi) is 3.42. The van der Waals surface area contributed by atoms with Crippen LogP contribution in [0.3, 0.4) is 0 Å². The van der Waals surface area contributed by atoms with E-state index in [2.05, 4.69) is 0 Å². The van der Waals surface area contributed by atoms with Crippen molar-refractivity contribution in [2.75, 3.05) is 19.8 Å². The van der Waals surface area contributed by atoms with Crippen LogP contribution in [0.25, 0.3) is 0 Å². The molecule has 0 saturated carbocycles. The van der Waals surface area contributed by atoms with Gasteiger partial charge in [-0.2, -0.15) is 0 Å². The summed E-state index contributed by atoms with van der Waals surface area (Å²) in [4.78, 5) is 13.6. The number of aryl methyl sites for hydroxylation is 1. The average molecular weight is 239 g/mol. The number of rotatable bonds is 3. The smallest absolute Gasteiger partial charge is 0.171 e. The molecular formula is C12H17NO2S. The Morgan fingerprint density at radius 2 is 2.25 bits per heavy atom. The maximum Gasteiger partial charge on any atom is 0.171 e. The Labute approximate surface area is 99.6 Å². The van der Waals surface area contributed by atoms with E-state index < -0.39 is 0 Å². The molecule has 1 aromatic heterocycles. The molecule has 1 aromatic rings. The van der Waals surface area contributed by atoms with Gasteiger partial charge in [0.05, 0.1) is 5.41 Å². The molecular weight excluding hydrogens is 222 g/mol. The van der Waals surface area contributed by atoms with E-state index in [9.17, 15) is 4.79 Å². The highest BCUT2D eigenvalue weighted by atomic mass is 32.1. The van der Waals surface area contributed by atoms with Gasteiger partial charge < -0.3 is 10.5 Å². The molecule has 0 aromatic carbocycles. The number of carbonyl (C=O) groups excluding carboxylic acids is 1. The lowest BCUT2D eigenvalue weighted by Gasteiger charge is -2.34. The topological polar surface area (TPSA) is 52.3 Å². The second-order valence-electron chi connectivity index (χ2n) is 4.32. The highest BCUT2D eigenvalue weighted by Gasteiger charge is 2.39. The number of hydrogen-bond donors (Lipinski definition) is 1. The predicted molar refractivity (Wildman–Crippen MR) is 64.9 cm³/mol. The molecule has 88 valence electrons. The molecule has 1 fully saturated rings. The number of nitrogens with two attached hydrogens (primary N) is 1. The first-order chi connectivity index (χ1) is 7.69. The van der Waals surface area contributed by atoms with Crippen LogP contribution >= 0.6 is 11.3 Å². The van der Waals surface area contributed by atoms with Crippen molar-refractivity contribution in [1.29, 1.82) is 0 Å². The molecule has 16 heavy (non-hydrogen) atoms. The van der Waals surface area contributed by atoms with Crippen LogP contribution in [-0.2, 0) is 4.74 Å². The molecule has 0 spiro atoms. The van der Waals surface area contributed by atoms with E-state index in [1.807, 2.05) is 18.4 Å². The number of Topliss-reactive ketones (excluding diaryl/α,β-unsaturated/α-hetero) is 1. The number of carbonyl (C=O) groups is 1. The summed E-state index contributed by atoms with van der Waals surface area (Å²) in [6, 6.07) is 1.91. The Balaban J connectivity index is 2.28. The quantitative estimate of drug-likeness (QED) is 0.821. The van der Waals surface area contributed by atoms with Crippen molar-refractivity contribution >= 4 is 17.1 Å². The normalized spacial score (nSPS) is 19.6. The van der Waals surface area contributed by atoms with Crippen LogP contribution in [-0.4, -0.2) is 25.5 Å². The van der Waals surface area contributed by atoms with Crippen molar-refractivity contribution in [3.05, 3.63) is 21.9 Å². The van der Waals surface area contributed by atoms with Crippen molar-refractivity contribution < 1.29 is 9.53 Å². The highest BCUT2D eigenvalue weighted by Crippen LogP contribution is 2.34. The second-order valence-corrected chi connectivity index (χ2v) is 5.44. The molecule has 1 aliphatic heterocycles. The van der Waals surface area contributed by atoms with E-state index >= 15 is 0 Å². The van der Waals surface area contributed by atoms with E-state index in [1.54, 1.807) is 11.3 Å². The average Bonchev–Trinajstić information content (AvgIpc) is 2.75. The fourth-order valence-corrected chi connectivity index (χ4v) is 2.89. The molecule has 3 nitrogen and oxygen atoms in total. The van der Waals surface area contributed by atoms with Crippen LogP contribution in [0.4, 0.5) is 0 Å². The molecule has 1 saturated heterocycles. The Morgan fingerprint density at radius 1 is 1.56 bits per heavy atom. The molecule has 0 radical (unpaired) electrons. The standard InChI is InChI=1S/C12H17NO2S/c1-9-10(2-7-16-9)11(14)12(8-13)3-5-15-6-4-12/h2,7H,3-6,8,13H2,1H3. The fraction of sp³-hybridized carbons (Fsp3) is 0.583. The Morgan fingerprint density at radius 3 is 2.75 bits per heavy atom. The van der Waals surface area contributed by atoms with Gasteiger partial charge in [-0.25, -0.2) is 0 Å². The van der Waals surface area contributed by atoms with Crippen LogP contribution in [0.1, 0.15) is 28.1 Å². The summed E-state index contributed by atoms with van der Waals surface area (Å²) in [7, 11) is 0. The van der Waals surface area contributed by atoms with Gasteiger partial charge in [0.1, 0.15) is 0 Å². The van der Waals surface area contributed by atoms with Gasteiger partial charge in [0, 0.05) is 30.2 Å². The predicted octanol–water partition coefficient (Wildman–Crippen LogP) is 1.99. The zero-order valence-electron chi connectivity index (χ0n) is 9.49. The molecule has 0 unspecified atom stereocenters. The van der Waals surface area contributed by atoms with Crippen molar-refractivity contribution in [3.8, 4) is 0 Å². The minimum atomic E-state index is -0.385. The number of ketones is 1. The summed E-state index contributed by atoms with van der Waals surface area (Å²) >= 11 is 1.61. The molecule has 0 aliphatic carbocycles. The van der Waals surface area contributed by atoms with Crippen LogP contribution in [0.5, 0.6) is 0 Å². The zero-order valence-corrected chi connectivity index (χ0v) is 10.3. The Hall–Kier alpha value is -0.710. The van der Waals surface area contributed by atoms with Crippen LogP contribution in [0, 0.1) is 12.3 Å². The number of thiophene rings is 1. The summed E-state index contributed by atoms with van der Waals surface area (Å²) in [5, 5.41) is 1.96. The highest BCUT2D eigenvalue weighted by molar-refractivity contribution is 7.10. The summed E-state index contributed by atoms with van der Waals surface area (Å²) < 4.78 is 5.32. The zero-order chi connectivity index (χ0) is 11.6. The van der Waals surface area contributed by atoms with Gasteiger partial charge >= 0.3 is 0 Å². The first-order valence-electron chi connectivity index (χ1n) is 5.56. The second kappa shape index (κ2) is 4.65. The first-order valence-corrected chi connectivity index (χ1v) is 6.44. The van der Waals surface area contributed by atoms with Gasteiger partial charge in [-0.1, -0.05) is 0 Å². The lowest BCUT2D eigenvalue weighted by Crippen LogP contribution is -2.43. The number of ether oxygens (including phenoxy) is 1. The SMILES string of the molecule is Cc1sccc1C(=O)C1(CN)CCOCC1. The van der Waals surface area contributed by atoms with E-state index in [0.717, 1.165) is 23.3 Å². The van der Waals surface area contributed by atoms with Gasteiger partial charge in [0.15, 0.2) is 5.78 Å². The molecule has 4 heteroatoms. The van der Waals surface area contributed by atoms with Crippen LogP contribution in [0.2, 0.25) is 0 Å². The third-order valence-electron chi connectivity index (χ3n) is 3.43. The molecule has 1 aliphatic rings. The summed E-state index contributed by atoms with van der Waals surface area (Å²) in [5.41, 5.74) is 6.28. The van der Waals surface area contributed by atoms with E-state index in [1.165, 1.54) is 0 Å². The van der Waals surface area contributed by atoms with Gasteiger partial charge in [-0.05, 0) is 31.2 Å². The minimum absolute atomic E-state index is 0.206. The van der Waals surface area contributed by atoms with Crippen molar-refractivity contribution in [1.82, 2.24) is 0 Å². The Bertz CT molecular complexity index is 380. The third kappa shape index (κ3) is 1.93. The summed E-state index contributed by atoms with van der Waals surface area (Å²) in [5.74, 6) is 0.206. The summed E-state index contributed by atoms with van der Waals surface area (Å²) in [6.07, 6.45) is 1.50. The molecule has 0 amide bonds. The summed E-state index contributed by atoms with van der Waals surface area (Å²) in [6.45, 7) is 3.70. The molecule has 0 bridgehead atoms. The fourth-order valence-electron chi connectivity index (χ4n) is 2.19. The van der Waals surface area contributed by atoms with E-state index in [4.69, 9.17) is 10.5 Å². The largest absolute Gasteiger partial charge is 0.381 e. The lowest BCUT2D eigenvalue weighted by atomic mass is 9.74. The molecule has 0 atom stereocenters. The molecule has 2 heterocycles. The third-order valence-corrected chi connectivity index (χ3v) is 4.27. The van der Waals surface area contributed by atoms with E-state index in [0.29, 0.717) is 19.8 Å². The van der Waals surface area contributed by atoms with Crippen LogP contribution < -0.4 is 5.73 Å². The van der Waals surface area contributed by atoms with Gasteiger partial charge in [-0.3, -0.25) is 4.79 Å². The lowest BCUT2D eigenvalue weighted by molar-refractivity contribution is 0.0200. The monoisotopic (exact) mass is 239 g/mol. The van der Waals surface area contributed by atoms with Crippen molar-refractivity contribution in [2.45, 2.75) is 19.8 Å². The molecule has 2 N–H and O–H groups in total. The van der Waals surface area contributed by atoms with Gasteiger partial charge in [0.2, 0.25) is 0 Å². The minimum Gasteiger partial charge on any atom is -0.381 e. The van der Waals surface area contributed by atoms with Crippen LogP contribution in [0.15, 0.2) is 11.4 Å². The molecule has 2 rings (SSSR count). The maximum absolute atomic E-state index is 12.5. The maximum atomic E-state index is 12.5. The van der Waals surface area contributed by atoms with Gasteiger partial charge in [0.25, 0.3) is 0 Å². The number of hydrogen-bond acceptors (Lipinski definition) is 4. The van der Waals surface area contributed by atoms with Crippen molar-refractivity contribution in [2.24, 2.45) is 11.1 Å². The van der Waals surface area contributed by atoms with Gasteiger partial charge in [-0.15, -0.1) is 11.3 Å². The van der Waals surface area contributed by atoms with Crippen molar-refractivity contribution in [3.63, 3.8) is 0 Å².